The fourth-order valence-electron chi connectivity index (χ4n) is 5.18. The zero-order valence-electron chi connectivity index (χ0n) is 16.7. The number of carbonyl (C=O) groups is 2. The van der Waals surface area contributed by atoms with Crippen molar-refractivity contribution in [3.8, 4) is 0 Å². The summed E-state index contributed by atoms with van der Waals surface area (Å²) < 4.78 is 5.41. The molecule has 7 heteroatoms. The number of hydrogen-bond donors (Lipinski definition) is 1. The van der Waals surface area contributed by atoms with Crippen LogP contribution in [0.3, 0.4) is 0 Å². The van der Waals surface area contributed by atoms with E-state index in [0.29, 0.717) is 38.2 Å². The van der Waals surface area contributed by atoms with E-state index in [2.05, 4.69) is 4.98 Å². The number of amides is 2. The van der Waals surface area contributed by atoms with Gasteiger partial charge in [0.15, 0.2) is 0 Å². The highest BCUT2D eigenvalue weighted by Gasteiger charge is 2.56. The second kappa shape index (κ2) is 7.81. The highest BCUT2D eigenvalue weighted by atomic mass is 16.5. The maximum absolute atomic E-state index is 13.3. The number of para-hydroxylation sites is 1. The molecule has 2 aromatic rings. The third-order valence-electron chi connectivity index (χ3n) is 6.67. The Bertz CT molecular complexity index is 944. The maximum Gasteiger partial charge on any atom is 0.259 e. The first-order valence-corrected chi connectivity index (χ1v) is 10.5. The van der Waals surface area contributed by atoms with Crippen LogP contribution < -0.4 is 4.90 Å². The van der Waals surface area contributed by atoms with E-state index in [1.807, 2.05) is 29.2 Å². The molecule has 4 heterocycles. The van der Waals surface area contributed by atoms with Gasteiger partial charge in [0.25, 0.3) is 5.91 Å². The summed E-state index contributed by atoms with van der Waals surface area (Å²) in [7, 11) is 0. The van der Waals surface area contributed by atoms with Crippen LogP contribution in [0.4, 0.5) is 5.69 Å². The number of aromatic nitrogens is 1. The van der Waals surface area contributed by atoms with E-state index < -0.39 is 0 Å². The molecule has 1 aromatic carbocycles. The molecule has 2 saturated heterocycles. The van der Waals surface area contributed by atoms with Gasteiger partial charge in [-0.05, 0) is 36.6 Å². The van der Waals surface area contributed by atoms with Crippen LogP contribution in [0.15, 0.2) is 48.8 Å². The number of rotatable bonds is 3. The summed E-state index contributed by atoms with van der Waals surface area (Å²) in [5.74, 6) is -0.0898. The van der Waals surface area contributed by atoms with Crippen LogP contribution in [0.2, 0.25) is 0 Å². The predicted octanol–water partition coefficient (Wildman–Crippen LogP) is 1.82. The largest absolute Gasteiger partial charge is 0.394 e. The lowest BCUT2D eigenvalue weighted by atomic mass is 9.71. The zero-order chi connectivity index (χ0) is 20.7. The molecule has 1 aromatic heterocycles. The minimum atomic E-state index is -0.248. The molecule has 2 fully saturated rings. The summed E-state index contributed by atoms with van der Waals surface area (Å²) in [4.78, 5) is 34.3. The van der Waals surface area contributed by atoms with E-state index >= 15 is 0 Å². The van der Waals surface area contributed by atoms with Gasteiger partial charge in [0.05, 0.1) is 24.3 Å². The molecule has 0 bridgehead atoms. The number of aliphatic hydroxyl groups excluding tert-OH is 1. The van der Waals surface area contributed by atoms with Gasteiger partial charge in [0.2, 0.25) is 5.91 Å². The number of benzene rings is 1. The molecule has 1 N–H and O–H groups in total. The number of ether oxygens (including phenoxy) is 1. The smallest absolute Gasteiger partial charge is 0.259 e. The quantitative estimate of drug-likeness (QED) is 0.839. The van der Waals surface area contributed by atoms with E-state index in [-0.39, 0.29) is 42.3 Å². The Morgan fingerprint density at radius 2 is 1.93 bits per heavy atom. The number of likely N-dealkylation sites (tertiary alicyclic amines) is 1. The first kappa shape index (κ1) is 19.2. The molecule has 0 unspecified atom stereocenters. The molecule has 7 nitrogen and oxygen atoms in total. The second-order valence-electron chi connectivity index (χ2n) is 8.19. The van der Waals surface area contributed by atoms with E-state index in [0.717, 1.165) is 11.3 Å². The van der Waals surface area contributed by atoms with Gasteiger partial charge >= 0.3 is 0 Å². The highest BCUT2D eigenvalue weighted by Crippen LogP contribution is 2.49. The van der Waals surface area contributed by atoms with Crippen LogP contribution in [0.25, 0.3) is 0 Å². The van der Waals surface area contributed by atoms with Gasteiger partial charge in [-0.1, -0.05) is 18.2 Å². The Kier molecular flexibility index (Phi) is 5.00. The summed E-state index contributed by atoms with van der Waals surface area (Å²) in [5.41, 5.74) is 2.39. The predicted molar refractivity (Wildman–Crippen MR) is 110 cm³/mol. The van der Waals surface area contributed by atoms with Gasteiger partial charge in [-0.15, -0.1) is 0 Å². The molecule has 0 radical (unpaired) electrons. The monoisotopic (exact) mass is 407 g/mol. The Morgan fingerprint density at radius 3 is 2.67 bits per heavy atom. The number of hydrogen-bond acceptors (Lipinski definition) is 5. The first-order chi connectivity index (χ1) is 14.7. The molecule has 3 aliphatic heterocycles. The second-order valence-corrected chi connectivity index (χ2v) is 8.19. The van der Waals surface area contributed by atoms with Gasteiger partial charge < -0.3 is 19.6 Å². The summed E-state index contributed by atoms with van der Waals surface area (Å²) in [6.45, 7) is 1.52. The lowest BCUT2D eigenvalue weighted by Crippen LogP contribution is -2.71. The topological polar surface area (TPSA) is 83.0 Å². The van der Waals surface area contributed by atoms with Gasteiger partial charge in [-0.2, -0.15) is 0 Å². The molecule has 0 spiro atoms. The molecular weight excluding hydrogens is 382 g/mol. The SMILES string of the molecule is O=C(c1cccnc1)N1C[C@@H]2[C@H](c3ccccc31)[C@H](CO)N2C(=O)C1CCOCC1. The van der Waals surface area contributed by atoms with Crippen LogP contribution in [-0.4, -0.2) is 65.3 Å². The average Bonchev–Trinajstić information content (AvgIpc) is 2.80. The minimum absolute atomic E-state index is 0.0351. The van der Waals surface area contributed by atoms with Crippen LogP contribution in [0.5, 0.6) is 0 Å². The normalized spacial score (nSPS) is 25.8. The van der Waals surface area contributed by atoms with Crippen molar-refractivity contribution in [3.63, 3.8) is 0 Å². The van der Waals surface area contributed by atoms with Crippen molar-refractivity contribution in [3.05, 3.63) is 59.9 Å². The van der Waals surface area contributed by atoms with E-state index in [4.69, 9.17) is 4.74 Å². The van der Waals surface area contributed by atoms with Crippen molar-refractivity contribution in [2.24, 2.45) is 5.92 Å². The highest BCUT2D eigenvalue weighted by molar-refractivity contribution is 6.07. The molecule has 2 amide bonds. The summed E-state index contributed by atoms with van der Waals surface area (Å²) >= 11 is 0. The van der Waals surface area contributed by atoms with Crippen molar-refractivity contribution >= 4 is 17.5 Å². The van der Waals surface area contributed by atoms with Gasteiger partial charge in [-0.25, -0.2) is 0 Å². The van der Waals surface area contributed by atoms with Gasteiger partial charge in [0, 0.05) is 49.7 Å². The molecule has 3 atom stereocenters. The Hall–Kier alpha value is -2.77. The number of fused-ring (bicyclic) bond motifs is 3. The van der Waals surface area contributed by atoms with E-state index in [9.17, 15) is 14.7 Å². The molecule has 0 saturated carbocycles. The summed E-state index contributed by atoms with van der Waals surface area (Å²) in [6, 6.07) is 10.9. The van der Waals surface area contributed by atoms with Gasteiger partial charge in [-0.3, -0.25) is 14.6 Å². The molecule has 156 valence electrons. The van der Waals surface area contributed by atoms with Crippen LogP contribution in [0.1, 0.15) is 34.7 Å². The van der Waals surface area contributed by atoms with Crippen LogP contribution in [-0.2, 0) is 9.53 Å². The lowest BCUT2D eigenvalue weighted by Gasteiger charge is -2.59. The molecule has 5 rings (SSSR count). The number of anilines is 1. The van der Waals surface area contributed by atoms with E-state index in [1.54, 1.807) is 29.4 Å². The maximum atomic E-state index is 13.3. The van der Waals surface area contributed by atoms with Crippen molar-refractivity contribution in [2.75, 3.05) is 31.3 Å². The van der Waals surface area contributed by atoms with Gasteiger partial charge in [0.1, 0.15) is 0 Å². The van der Waals surface area contributed by atoms with Crippen LogP contribution in [0, 0.1) is 5.92 Å². The Balaban J connectivity index is 1.49. The molecule has 0 aliphatic carbocycles. The van der Waals surface area contributed by atoms with Crippen LogP contribution >= 0.6 is 0 Å². The number of nitrogens with zero attached hydrogens (tertiary/aromatic N) is 3. The standard InChI is InChI=1S/C23H25N3O4/c27-14-20-21-17-5-1-2-6-18(17)25(22(28)16-4-3-9-24-12-16)13-19(21)26(20)23(29)15-7-10-30-11-8-15/h1-6,9,12,15,19-21,27H,7-8,10-11,13-14H2/t19-,20+,21+/m1/s1. The van der Waals surface area contributed by atoms with Crippen molar-refractivity contribution in [1.29, 1.82) is 0 Å². The van der Waals surface area contributed by atoms with E-state index in [1.165, 1.54) is 0 Å². The molecule has 3 aliphatic rings. The van der Waals surface area contributed by atoms with Crippen molar-refractivity contribution in [2.45, 2.75) is 30.8 Å². The third kappa shape index (κ3) is 3.00. The Morgan fingerprint density at radius 1 is 1.13 bits per heavy atom. The average molecular weight is 407 g/mol. The number of pyridine rings is 1. The third-order valence-corrected chi connectivity index (χ3v) is 6.67. The molecular formula is C23H25N3O4. The number of carbonyl (C=O) groups excluding carboxylic acids is 2. The number of aliphatic hydroxyl groups is 1. The molecule has 30 heavy (non-hydrogen) atoms. The zero-order valence-corrected chi connectivity index (χ0v) is 16.7. The first-order valence-electron chi connectivity index (χ1n) is 10.5. The summed E-state index contributed by atoms with van der Waals surface area (Å²) in [6.07, 6.45) is 4.63. The Labute approximate surface area is 175 Å². The van der Waals surface area contributed by atoms with Crippen molar-refractivity contribution in [1.82, 2.24) is 9.88 Å². The van der Waals surface area contributed by atoms with Crippen molar-refractivity contribution < 1.29 is 19.4 Å². The fraction of sp³-hybridized carbons (Fsp3) is 0.435. The fourth-order valence-corrected chi connectivity index (χ4v) is 5.18. The summed E-state index contributed by atoms with van der Waals surface area (Å²) in [5, 5.41) is 10.1. The minimum Gasteiger partial charge on any atom is -0.394 e. The lowest BCUT2D eigenvalue weighted by molar-refractivity contribution is -0.157.